The summed E-state index contributed by atoms with van der Waals surface area (Å²) in [4.78, 5) is 11.8. The zero-order valence-corrected chi connectivity index (χ0v) is 24.0. The van der Waals surface area contributed by atoms with Crippen LogP contribution >= 0.6 is 11.6 Å². The number of aromatic nitrogens is 3. The number of nitrogens with two attached hydrogens (primary N) is 1. The minimum absolute atomic E-state index is 0.0803. The Labute approximate surface area is 243 Å². The van der Waals surface area contributed by atoms with Crippen LogP contribution in [0.2, 0.25) is 5.28 Å². The van der Waals surface area contributed by atoms with E-state index in [1.807, 2.05) is 0 Å². The molecule has 0 spiro atoms. The van der Waals surface area contributed by atoms with Gasteiger partial charge in [-0.05, 0) is 65.2 Å². The summed E-state index contributed by atoms with van der Waals surface area (Å²) in [6.45, 7) is 1.75. The van der Waals surface area contributed by atoms with E-state index in [-0.39, 0.29) is 39.0 Å². The van der Waals surface area contributed by atoms with E-state index in [9.17, 15) is 31.0 Å². The summed E-state index contributed by atoms with van der Waals surface area (Å²) in [7, 11) is -8.23. The number of rotatable bonds is 6. The lowest BCUT2D eigenvalue weighted by Crippen LogP contribution is -2.14. The fraction of sp³-hybridized carbons (Fsp3) is 0.0800. The van der Waals surface area contributed by atoms with E-state index in [1.165, 1.54) is 29.2 Å². The van der Waals surface area contributed by atoms with Crippen molar-refractivity contribution in [3.63, 3.8) is 0 Å². The molecule has 0 aliphatic carbocycles. The minimum Gasteiger partial charge on any atom is -0.505 e. The number of phenols is 1. The van der Waals surface area contributed by atoms with Crippen LogP contribution in [0.25, 0.3) is 21.5 Å². The van der Waals surface area contributed by atoms with Crippen molar-refractivity contribution < 1.29 is 31.0 Å². The Balaban J connectivity index is 1.68. The van der Waals surface area contributed by atoms with Crippen LogP contribution < -0.4 is 10.6 Å². The Hall–Kier alpha value is -4.48. The second-order valence-electron chi connectivity index (χ2n) is 9.03. The summed E-state index contributed by atoms with van der Waals surface area (Å²) in [5, 5.41) is 19.5. The zero-order valence-electron chi connectivity index (χ0n) is 21.6. The molecule has 5 aromatic rings. The molecular formula is C25H20ClN7O7S2. The van der Waals surface area contributed by atoms with E-state index in [4.69, 9.17) is 17.3 Å². The maximum Gasteiger partial charge on any atom is 0.297 e. The standard InChI is InChI=1S/C25H20ClN7O7S2/c1-12-4-3-5-17-15(12)8-9-18(22(17)42(38,39)40)31-32-20-19(41(35,36)37)11-13-10-14(6-7-16(13)21(20)34)33(2)25-29-23(26)28-24(27)30-25/h3-11,34H,1-2H3,(H,35,36,37)(H,38,39,40)(H2,27,28,29,30). The summed E-state index contributed by atoms with van der Waals surface area (Å²) in [5.74, 6) is -0.718. The zero-order chi connectivity index (χ0) is 30.6. The third kappa shape index (κ3) is 5.40. The molecule has 0 fully saturated rings. The highest BCUT2D eigenvalue weighted by Gasteiger charge is 2.24. The number of phenolic OH excluding ortho intramolecular Hbond substituents is 1. The van der Waals surface area contributed by atoms with Crippen molar-refractivity contribution in [1.29, 1.82) is 0 Å². The number of fused-ring (bicyclic) bond motifs is 2. The van der Waals surface area contributed by atoms with Gasteiger partial charge in [0, 0.05) is 23.5 Å². The lowest BCUT2D eigenvalue weighted by Gasteiger charge is -2.18. The molecule has 5 N–H and O–H groups in total. The first kappa shape index (κ1) is 29.0. The van der Waals surface area contributed by atoms with Crippen molar-refractivity contribution in [2.75, 3.05) is 17.7 Å². The monoisotopic (exact) mass is 629 g/mol. The summed E-state index contributed by atoms with van der Waals surface area (Å²) in [5.41, 5.74) is 5.80. The lowest BCUT2D eigenvalue weighted by molar-refractivity contribution is 0.472. The number of halogens is 1. The number of benzene rings is 4. The van der Waals surface area contributed by atoms with Crippen molar-refractivity contribution in [1.82, 2.24) is 15.0 Å². The Bertz CT molecular complexity index is 2160. The average molecular weight is 630 g/mol. The van der Waals surface area contributed by atoms with Crippen LogP contribution in [0.15, 0.2) is 74.6 Å². The van der Waals surface area contributed by atoms with Crippen molar-refractivity contribution in [2.45, 2.75) is 16.7 Å². The molecule has 0 radical (unpaired) electrons. The van der Waals surface area contributed by atoms with Gasteiger partial charge in [0.1, 0.15) is 21.2 Å². The average Bonchev–Trinajstić information content (AvgIpc) is 2.90. The van der Waals surface area contributed by atoms with Crippen LogP contribution in [0.4, 0.5) is 29.0 Å². The SMILES string of the molecule is Cc1cccc2c(S(=O)(=O)O)c(N=Nc3c(S(=O)(=O)O)cc4cc(N(C)c5nc(N)nc(Cl)n5)ccc4c3O)ccc12. The minimum atomic E-state index is -4.99. The smallest absolute Gasteiger partial charge is 0.297 e. The summed E-state index contributed by atoms with van der Waals surface area (Å²) in [6, 6.07) is 13.2. The van der Waals surface area contributed by atoms with E-state index in [1.54, 1.807) is 38.2 Å². The molecule has 5 rings (SSSR count). The molecule has 0 amide bonds. The Morgan fingerprint density at radius 3 is 2.26 bits per heavy atom. The topological polar surface area (TPSA) is 222 Å². The molecule has 4 aromatic carbocycles. The Morgan fingerprint density at radius 2 is 1.60 bits per heavy atom. The summed E-state index contributed by atoms with van der Waals surface area (Å²) in [6.07, 6.45) is 0. The molecule has 17 heteroatoms. The van der Waals surface area contributed by atoms with E-state index in [0.29, 0.717) is 11.1 Å². The normalized spacial score (nSPS) is 12.4. The van der Waals surface area contributed by atoms with Gasteiger partial charge in [-0.1, -0.05) is 24.3 Å². The molecule has 42 heavy (non-hydrogen) atoms. The first-order chi connectivity index (χ1) is 19.6. The van der Waals surface area contributed by atoms with E-state index in [0.717, 1.165) is 11.6 Å². The lowest BCUT2D eigenvalue weighted by atomic mass is 10.1. The molecular weight excluding hydrogens is 610 g/mol. The predicted octanol–water partition coefficient (Wildman–Crippen LogP) is 5.10. The maximum absolute atomic E-state index is 12.4. The van der Waals surface area contributed by atoms with Gasteiger partial charge in [-0.15, -0.1) is 10.2 Å². The van der Waals surface area contributed by atoms with Gasteiger partial charge in [0.15, 0.2) is 5.75 Å². The van der Waals surface area contributed by atoms with Gasteiger partial charge in [0.25, 0.3) is 20.2 Å². The van der Waals surface area contributed by atoms with E-state index in [2.05, 4.69) is 25.2 Å². The van der Waals surface area contributed by atoms with Gasteiger partial charge in [-0.2, -0.15) is 31.8 Å². The number of aromatic hydroxyl groups is 1. The molecule has 1 heterocycles. The highest BCUT2D eigenvalue weighted by Crippen LogP contribution is 2.43. The molecule has 1 aromatic heterocycles. The molecule has 0 aliphatic rings. The summed E-state index contributed by atoms with van der Waals surface area (Å²) < 4.78 is 69.3. The van der Waals surface area contributed by atoms with Crippen molar-refractivity contribution in [3.05, 3.63) is 65.4 Å². The van der Waals surface area contributed by atoms with Crippen molar-refractivity contribution >= 4 is 82.3 Å². The number of nitrogens with zero attached hydrogens (tertiary/aromatic N) is 6. The van der Waals surface area contributed by atoms with Gasteiger partial charge in [-0.3, -0.25) is 9.11 Å². The van der Waals surface area contributed by atoms with Crippen molar-refractivity contribution in [2.24, 2.45) is 10.2 Å². The number of nitrogen functional groups attached to an aromatic ring is 1. The molecule has 0 unspecified atom stereocenters. The van der Waals surface area contributed by atoms with Crippen molar-refractivity contribution in [3.8, 4) is 5.75 Å². The first-order valence-electron chi connectivity index (χ1n) is 11.7. The molecule has 0 atom stereocenters. The van der Waals surface area contributed by atoms with Gasteiger partial charge < -0.3 is 15.7 Å². The molecule has 14 nitrogen and oxygen atoms in total. The molecule has 0 saturated heterocycles. The molecule has 0 aliphatic heterocycles. The number of aryl methyl sites for hydroxylation is 1. The number of azo groups is 1. The van der Waals surface area contributed by atoms with Gasteiger partial charge >= 0.3 is 0 Å². The molecule has 0 bridgehead atoms. The highest BCUT2D eigenvalue weighted by molar-refractivity contribution is 7.86. The van der Waals surface area contributed by atoms with Crippen LogP contribution in [0.1, 0.15) is 5.56 Å². The maximum atomic E-state index is 12.4. The molecule has 0 saturated carbocycles. The van der Waals surface area contributed by atoms with E-state index >= 15 is 0 Å². The van der Waals surface area contributed by atoms with E-state index < -0.39 is 41.5 Å². The summed E-state index contributed by atoms with van der Waals surface area (Å²) >= 11 is 5.87. The largest absolute Gasteiger partial charge is 0.505 e. The van der Waals surface area contributed by atoms with Crippen LogP contribution in [0, 0.1) is 6.92 Å². The van der Waals surface area contributed by atoms with Crippen LogP contribution in [0.5, 0.6) is 5.75 Å². The number of anilines is 3. The van der Waals surface area contributed by atoms with Gasteiger partial charge in [0.2, 0.25) is 17.2 Å². The third-order valence-corrected chi connectivity index (χ3v) is 8.32. The van der Waals surface area contributed by atoms with Gasteiger partial charge in [-0.25, -0.2) is 0 Å². The van der Waals surface area contributed by atoms with Crippen LogP contribution in [-0.4, -0.2) is 53.0 Å². The Kier molecular flexibility index (Phi) is 7.20. The second kappa shape index (κ2) is 10.4. The predicted molar refractivity (Wildman–Crippen MR) is 155 cm³/mol. The first-order valence-corrected chi connectivity index (χ1v) is 15.0. The highest BCUT2D eigenvalue weighted by atomic mass is 35.5. The fourth-order valence-corrected chi connectivity index (χ4v) is 6.04. The number of hydrogen-bond acceptors (Lipinski definition) is 12. The fourth-order valence-electron chi connectivity index (χ4n) is 4.39. The third-order valence-electron chi connectivity index (χ3n) is 6.34. The quantitative estimate of drug-likeness (QED) is 0.142. The Morgan fingerprint density at radius 1 is 0.881 bits per heavy atom. The van der Waals surface area contributed by atoms with Crippen LogP contribution in [0.3, 0.4) is 0 Å². The number of hydrogen-bond donors (Lipinski definition) is 4. The molecule has 216 valence electrons. The second-order valence-corrected chi connectivity index (χ2v) is 12.1. The van der Waals surface area contributed by atoms with Gasteiger partial charge in [0.05, 0.1) is 0 Å². The van der Waals surface area contributed by atoms with Crippen LogP contribution in [-0.2, 0) is 20.2 Å².